The van der Waals surface area contributed by atoms with E-state index in [1.807, 2.05) is 6.92 Å². The van der Waals surface area contributed by atoms with E-state index in [2.05, 4.69) is 16.0 Å². The van der Waals surface area contributed by atoms with Crippen LogP contribution in [0.5, 0.6) is 0 Å². The van der Waals surface area contributed by atoms with Gasteiger partial charge in [0.15, 0.2) is 0 Å². The van der Waals surface area contributed by atoms with Gasteiger partial charge in [0.1, 0.15) is 23.3 Å². The number of aryl methyl sites for hydroxylation is 1. The molecule has 0 atom stereocenters. The fraction of sp³-hybridized carbons (Fsp3) is 0.308. The maximum absolute atomic E-state index is 13.4. The number of piperazine rings is 1. The van der Waals surface area contributed by atoms with Gasteiger partial charge >= 0.3 is 0 Å². The Hall–Kier alpha value is -3.86. The minimum absolute atomic E-state index is 0.111. The largest absolute Gasteiger partial charge is 0.353 e. The number of carbonyl (C=O) groups is 1. The van der Waals surface area contributed by atoms with Gasteiger partial charge in [-0.1, -0.05) is 19.1 Å². The van der Waals surface area contributed by atoms with Crippen LogP contribution >= 0.6 is 0 Å². The molecule has 0 radical (unpaired) electrons. The summed E-state index contributed by atoms with van der Waals surface area (Å²) in [4.78, 5) is 26.0. The van der Waals surface area contributed by atoms with Gasteiger partial charge in [0.25, 0.3) is 5.91 Å². The molecule has 0 N–H and O–H groups in total. The smallest absolute Gasteiger partial charge is 0.253 e. The van der Waals surface area contributed by atoms with Crippen LogP contribution in [0, 0.1) is 23.0 Å². The molecular weight excluding hydrogens is 436 g/mol. The van der Waals surface area contributed by atoms with Crippen LogP contribution in [-0.2, 0) is 19.3 Å². The second kappa shape index (κ2) is 10.4. The number of rotatable bonds is 6. The van der Waals surface area contributed by atoms with E-state index in [1.54, 1.807) is 17.0 Å². The Morgan fingerprint density at radius 2 is 1.59 bits per heavy atom. The molecule has 0 unspecified atom stereocenters. The van der Waals surface area contributed by atoms with E-state index >= 15 is 0 Å². The number of halogens is 2. The molecule has 1 aliphatic rings. The van der Waals surface area contributed by atoms with E-state index in [4.69, 9.17) is 4.98 Å². The third-order valence-corrected chi connectivity index (χ3v) is 5.94. The first-order valence-electron chi connectivity index (χ1n) is 11.3. The van der Waals surface area contributed by atoms with Gasteiger partial charge in [0.2, 0.25) is 0 Å². The van der Waals surface area contributed by atoms with Crippen molar-refractivity contribution in [2.24, 2.45) is 0 Å². The average molecular weight is 462 g/mol. The predicted octanol–water partition coefficient (Wildman–Crippen LogP) is 3.94. The maximum Gasteiger partial charge on any atom is 0.253 e. The minimum Gasteiger partial charge on any atom is -0.353 e. The second-order valence-electron chi connectivity index (χ2n) is 8.17. The van der Waals surface area contributed by atoms with Gasteiger partial charge in [0.05, 0.1) is 12.5 Å². The number of anilines is 1. The zero-order valence-corrected chi connectivity index (χ0v) is 19.0. The summed E-state index contributed by atoms with van der Waals surface area (Å²) in [5, 5.41) is 9.19. The van der Waals surface area contributed by atoms with Crippen LogP contribution in [-0.4, -0.2) is 47.0 Å². The minimum atomic E-state index is -0.376. The fourth-order valence-electron chi connectivity index (χ4n) is 4.15. The molecule has 174 valence electrons. The Bertz CT molecular complexity index is 1200. The van der Waals surface area contributed by atoms with Crippen molar-refractivity contribution in [1.82, 2.24) is 14.9 Å². The maximum atomic E-state index is 13.4. The number of nitriles is 1. The summed E-state index contributed by atoms with van der Waals surface area (Å²) in [5.74, 6) is 0.437. The fourth-order valence-corrected chi connectivity index (χ4v) is 4.15. The van der Waals surface area contributed by atoms with Crippen LogP contribution in [0.1, 0.15) is 39.9 Å². The van der Waals surface area contributed by atoms with Gasteiger partial charge in [-0.2, -0.15) is 5.26 Å². The van der Waals surface area contributed by atoms with E-state index in [0.717, 1.165) is 22.6 Å². The molecule has 4 rings (SSSR count). The van der Waals surface area contributed by atoms with Gasteiger partial charge in [-0.05, 0) is 48.4 Å². The number of hydrogen-bond donors (Lipinski definition) is 0. The van der Waals surface area contributed by atoms with Crippen molar-refractivity contribution in [2.45, 2.75) is 26.2 Å². The highest BCUT2D eigenvalue weighted by atomic mass is 19.1. The summed E-state index contributed by atoms with van der Waals surface area (Å²) < 4.78 is 26.6. The van der Waals surface area contributed by atoms with Crippen molar-refractivity contribution < 1.29 is 13.6 Å². The molecule has 3 aromatic rings. The lowest BCUT2D eigenvalue weighted by atomic mass is 10.0. The molecule has 1 aromatic heterocycles. The molecule has 2 heterocycles. The molecule has 1 fully saturated rings. The highest BCUT2D eigenvalue weighted by molar-refractivity contribution is 5.94. The van der Waals surface area contributed by atoms with E-state index < -0.39 is 0 Å². The SMILES string of the molecule is CCc1nc(CC#N)nc(N2CCN(C(=O)c3ccc(F)cc3)CC2)c1Cc1ccc(F)cc1. The molecule has 0 bridgehead atoms. The van der Waals surface area contributed by atoms with Crippen LogP contribution in [0.25, 0.3) is 0 Å². The monoisotopic (exact) mass is 461 g/mol. The average Bonchev–Trinajstić information content (AvgIpc) is 2.86. The molecular formula is C26H25F2N5O. The van der Waals surface area contributed by atoms with Crippen LogP contribution in [0.4, 0.5) is 14.6 Å². The van der Waals surface area contributed by atoms with Gasteiger partial charge in [-0.15, -0.1) is 0 Å². The molecule has 34 heavy (non-hydrogen) atoms. The van der Waals surface area contributed by atoms with E-state index in [0.29, 0.717) is 50.4 Å². The van der Waals surface area contributed by atoms with Gasteiger partial charge < -0.3 is 9.80 Å². The predicted molar refractivity (Wildman–Crippen MR) is 124 cm³/mol. The Labute approximate surface area is 197 Å². The number of nitrogens with zero attached hydrogens (tertiary/aromatic N) is 5. The molecule has 2 aromatic carbocycles. The lowest BCUT2D eigenvalue weighted by Crippen LogP contribution is -2.49. The van der Waals surface area contributed by atoms with Crippen LogP contribution in [0.15, 0.2) is 48.5 Å². The first-order valence-corrected chi connectivity index (χ1v) is 11.3. The van der Waals surface area contributed by atoms with Gasteiger partial charge in [-0.25, -0.2) is 18.7 Å². The van der Waals surface area contributed by atoms with Crippen LogP contribution < -0.4 is 4.90 Å². The van der Waals surface area contributed by atoms with Crippen molar-refractivity contribution in [3.8, 4) is 6.07 Å². The number of hydrogen-bond acceptors (Lipinski definition) is 5. The van der Waals surface area contributed by atoms with E-state index in [1.165, 1.54) is 36.4 Å². The lowest BCUT2D eigenvalue weighted by molar-refractivity contribution is 0.0746. The third kappa shape index (κ3) is 5.20. The molecule has 0 aliphatic carbocycles. The number of amides is 1. The van der Waals surface area contributed by atoms with Crippen molar-refractivity contribution >= 4 is 11.7 Å². The zero-order chi connectivity index (χ0) is 24.1. The summed E-state index contributed by atoms with van der Waals surface area (Å²) in [7, 11) is 0. The topological polar surface area (TPSA) is 73.1 Å². The van der Waals surface area contributed by atoms with Crippen molar-refractivity contribution in [3.63, 3.8) is 0 Å². The van der Waals surface area contributed by atoms with Gasteiger partial charge in [0, 0.05) is 49.4 Å². The van der Waals surface area contributed by atoms with Crippen molar-refractivity contribution in [2.75, 3.05) is 31.1 Å². The Balaban J connectivity index is 1.59. The van der Waals surface area contributed by atoms with Crippen LogP contribution in [0.3, 0.4) is 0 Å². The zero-order valence-electron chi connectivity index (χ0n) is 19.0. The first-order chi connectivity index (χ1) is 16.5. The summed E-state index contributed by atoms with van der Waals surface area (Å²) >= 11 is 0. The highest BCUT2D eigenvalue weighted by Gasteiger charge is 2.26. The molecule has 1 aliphatic heterocycles. The molecule has 0 saturated carbocycles. The third-order valence-electron chi connectivity index (χ3n) is 5.94. The van der Waals surface area contributed by atoms with Gasteiger partial charge in [-0.3, -0.25) is 4.79 Å². The summed E-state index contributed by atoms with van der Waals surface area (Å²) in [6.07, 6.45) is 1.33. The molecule has 0 spiro atoms. The van der Waals surface area contributed by atoms with E-state index in [-0.39, 0.29) is 24.0 Å². The molecule has 1 saturated heterocycles. The quantitative estimate of drug-likeness (QED) is 0.556. The first kappa shape index (κ1) is 23.3. The molecule has 6 nitrogen and oxygen atoms in total. The summed E-state index contributed by atoms with van der Waals surface area (Å²) in [6, 6.07) is 14.1. The van der Waals surface area contributed by atoms with Crippen LogP contribution in [0.2, 0.25) is 0 Å². The molecule has 1 amide bonds. The highest BCUT2D eigenvalue weighted by Crippen LogP contribution is 2.26. The van der Waals surface area contributed by atoms with E-state index in [9.17, 15) is 18.8 Å². The van der Waals surface area contributed by atoms with Crippen molar-refractivity contribution in [1.29, 1.82) is 5.26 Å². The lowest BCUT2D eigenvalue weighted by Gasteiger charge is -2.36. The Kier molecular flexibility index (Phi) is 7.12. The Morgan fingerprint density at radius 3 is 2.18 bits per heavy atom. The summed E-state index contributed by atoms with van der Waals surface area (Å²) in [6.45, 7) is 4.12. The summed E-state index contributed by atoms with van der Waals surface area (Å²) in [5.41, 5.74) is 3.22. The Morgan fingerprint density at radius 1 is 0.971 bits per heavy atom. The second-order valence-corrected chi connectivity index (χ2v) is 8.17. The number of carbonyl (C=O) groups excluding carboxylic acids is 1. The van der Waals surface area contributed by atoms with Crippen molar-refractivity contribution in [3.05, 3.63) is 88.4 Å². The standard InChI is InChI=1S/C26H25F2N5O/c1-2-23-22(17-18-3-7-20(27)8-4-18)25(31-24(30-23)11-12-29)32-13-15-33(16-14-32)26(34)19-5-9-21(28)10-6-19/h3-10H,2,11,13-17H2,1H3. The number of aromatic nitrogens is 2. The molecule has 8 heteroatoms. The number of benzene rings is 2. The normalized spacial score (nSPS) is 13.6.